The highest BCUT2D eigenvalue weighted by Gasteiger charge is 2.21. The first-order valence-electron chi connectivity index (χ1n) is 10.8. The van der Waals surface area contributed by atoms with Crippen LogP contribution in [-0.2, 0) is 17.9 Å². The summed E-state index contributed by atoms with van der Waals surface area (Å²) in [5, 5.41) is 6.53. The lowest BCUT2D eigenvalue weighted by molar-refractivity contribution is -0.117. The molecule has 0 spiro atoms. The second-order valence-electron chi connectivity index (χ2n) is 7.62. The number of carbonyl (C=O) groups is 1. The van der Waals surface area contributed by atoms with Gasteiger partial charge in [-0.2, -0.15) is 0 Å². The van der Waals surface area contributed by atoms with E-state index in [1.807, 2.05) is 41.3 Å². The van der Waals surface area contributed by atoms with Gasteiger partial charge in [-0.3, -0.25) is 9.79 Å². The van der Waals surface area contributed by atoms with E-state index >= 15 is 0 Å². The molecule has 1 fully saturated rings. The number of hydrogen-bond donors (Lipinski definition) is 2. The highest BCUT2D eigenvalue weighted by Crippen LogP contribution is 2.24. The molecule has 0 atom stereocenters. The minimum absolute atomic E-state index is 0. The molecule has 1 aliphatic rings. The van der Waals surface area contributed by atoms with Gasteiger partial charge in [0.2, 0.25) is 11.8 Å². The van der Waals surface area contributed by atoms with Crippen molar-refractivity contribution in [1.82, 2.24) is 15.6 Å². The van der Waals surface area contributed by atoms with Gasteiger partial charge in [0.1, 0.15) is 11.6 Å². The lowest BCUT2D eigenvalue weighted by atomic mass is 10.2. The molecule has 0 bridgehead atoms. The van der Waals surface area contributed by atoms with Crippen LogP contribution in [0, 0.1) is 5.82 Å². The molecule has 2 aromatic carbocycles. The number of rotatable bonds is 7. The quantitative estimate of drug-likeness (QED) is 0.244. The van der Waals surface area contributed by atoms with E-state index in [9.17, 15) is 9.18 Å². The first-order chi connectivity index (χ1) is 16.1. The summed E-state index contributed by atoms with van der Waals surface area (Å²) in [7, 11) is 1.70. The molecule has 34 heavy (non-hydrogen) atoms. The number of ether oxygens (including phenoxy) is 1. The minimum atomic E-state index is -0.368. The van der Waals surface area contributed by atoms with E-state index in [2.05, 4.69) is 20.6 Å². The van der Waals surface area contributed by atoms with Crippen molar-refractivity contribution in [3.05, 3.63) is 83.8 Å². The number of benzene rings is 2. The Morgan fingerprint density at radius 1 is 1.12 bits per heavy atom. The molecule has 1 aromatic heterocycles. The predicted octanol–water partition coefficient (Wildman–Crippen LogP) is 4.62. The number of carbonyl (C=O) groups excluding carboxylic acids is 1. The number of pyridine rings is 1. The van der Waals surface area contributed by atoms with Gasteiger partial charge in [0.15, 0.2) is 5.96 Å². The second kappa shape index (κ2) is 12.3. The third-order valence-electron chi connectivity index (χ3n) is 5.31. The van der Waals surface area contributed by atoms with E-state index in [1.54, 1.807) is 25.4 Å². The van der Waals surface area contributed by atoms with E-state index in [0.717, 1.165) is 29.8 Å². The van der Waals surface area contributed by atoms with Crippen LogP contribution in [0.3, 0.4) is 0 Å². The molecule has 2 N–H and O–H groups in total. The van der Waals surface area contributed by atoms with Crippen molar-refractivity contribution in [3.8, 4) is 11.6 Å². The van der Waals surface area contributed by atoms with Crippen molar-refractivity contribution < 1.29 is 13.9 Å². The molecule has 1 saturated heterocycles. The van der Waals surface area contributed by atoms with Gasteiger partial charge in [-0.15, -0.1) is 24.0 Å². The van der Waals surface area contributed by atoms with Gasteiger partial charge in [0.05, 0.1) is 0 Å². The number of aliphatic imine (C=N–C) groups is 1. The summed E-state index contributed by atoms with van der Waals surface area (Å²) < 4.78 is 19.2. The fraction of sp³-hybridized carbons (Fsp3) is 0.240. The number of guanidine groups is 1. The van der Waals surface area contributed by atoms with Crippen LogP contribution in [0.15, 0.2) is 71.9 Å². The Morgan fingerprint density at radius 2 is 1.91 bits per heavy atom. The fourth-order valence-corrected chi connectivity index (χ4v) is 3.59. The van der Waals surface area contributed by atoms with E-state index < -0.39 is 0 Å². The molecule has 7 nitrogen and oxygen atoms in total. The van der Waals surface area contributed by atoms with Gasteiger partial charge < -0.3 is 20.3 Å². The van der Waals surface area contributed by atoms with E-state index in [0.29, 0.717) is 37.1 Å². The van der Waals surface area contributed by atoms with E-state index in [1.165, 1.54) is 12.1 Å². The summed E-state index contributed by atoms with van der Waals surface area (Å²) in [6.07, 6.45) is 3.16. The molecule has 0 saturated carbocycles. The van der Waals surface area contributed by atoms with Crippen LogP contribution in [0.5, 0.6) is 11.6 Å². The third-order valence-corrected chi connectivity index (χ3v) is 5.31. The van der Waals surface area contributed by atoms with Gasteiger partial charge in [0, 0.05) is 56.6 Å². The van der Waals surface area contributed by atoms with Gasteiger partial charge in [-0.25, -0.2) is 9.37 Å². The van der Waals surface area contributed by atoms with Gasteiger partial charge in [-0.05, 0) is 42.3 Å². The maximum absolute atomic E-state index is 13.5. The lowest BCUT2D eigenvalue weighted by Crippen LogP contribution is -2.36. The highest BCUT2D eigenvalue weighted by atomic mass is 127. The Bertz CT molecular complexity index is 1140. The van der Waals surface area contributed by atoms with E-state index in [4.69, 9.17) is 4.74 Å². The largest absolute Gasteiger partial charge is 0.439 e. The van der Waals surface area contributed by atoms with Crippen LogP contribution in [0.25, 0.3) is 0 Å². The summed E-state index contributed by atoms with van der Waals surface area (Å²) in [4.78, 5) is 22.3. The van der Waals surface area contributed by atoms with Crippen LogP contribution >= 0.6 is 24.0 Å². The Kier molecular flexibility index (Phi) is 9.20. The minimum Gasteiger partial charge on any atom is -0.439 e. The lowest BCUT2D eigenvalue weighted by Gasteiger charge is -2.17. The summed E-state index contributed by atoms with van der Waals surface area (Å²) >= 11 is 0. The van der Waals surface area contributed by atoms with Crippen LogP contribution in [0.1, 0.15) is 24.0 Å². The number of nitrogens with one attached hydrogen (secondary N) is 2. The standard InChI is InChI=1S/C25H26FN5O2.HI/c1-27-25(29-16-18-9-11-21(12-10-18)31-14-4-8-23(31)32)30-17-19-5-3-13-28-24(19)33-22-7-2-6-20(26)15-22;/h2-3,5-7,9-13,15H,4,8,14,16-17H2,1H3,(H2,27,29,30);1H. The summed E-state index contributed by atoms with van der Waals surface area (Å²) in [5.41, 5.74) is 2.82. The van der Waals surface area contributed by atoms with Crippen LogP contribution < -0.4 is 20.3 Å². The Labute approximate surface area is 215 Å². The third kappa shape index (κ3) is 6.66. The SMILES string of the molecule is CN=C(NCc1ccc(N2CCCC2=O)cc1)NCc1cccnc1Oc1cccc(F)c1.I. The molecular weight excluding hydrogens is 548 g/mol. The smallest absolute Gasteiger partial charge is 0.227 e. The molecule has 0 radical (unpaired) electrons. The Balaban J connectivity index is 0.00000324. The second-order valence-corrected chi connectivity index (χ2v) is 7.62. The molecule has 0 aliphatic carbocycles. The Morgan fingerprint density at radius 3 is 2.62 bits per heavy atom. The van der Waals surface area contributed by atoms with Crippen molar-refractivity contribution in [2.24, 2.45) is 4.99 Å². The van der Waals surface area contributed by atoms with Crippen molar-refractivity contribution in [3.63, 3.8) is 0 Å². The molecule has 3 aromatic rings. The van der Waals surface area contributed by atoms with Gasteiger partial charge in [-0.1, -0.05) is 24.3 Å². The number of anilines is 1. The van der Waals surface area contributed by atoms with Gasteiger partial charge >= 0.3 is 0 Å². The fourth-order valence-electron chi connectivity index (χ4n) is 3.59. The number of halogens is 2. The number of amides is 1. The number of nitrogens with zero attached hydrogens (tertiary/aromatic N) is 3. The first-order valence-corrected chi connectivity index (χ1v) is 10.8. The van der Waals surface area contributed by atoms with Crippen molar-refractivity contribution >= 4 is 41.5 Å². The van der Waals surface area contributed by atoms with E-state index in [-0.39, 0.29) is 35.7 Å². The van der Waals surface area contributed by atoms with Gasteiger partial charge in [0.25, 0.3) is 0 Å². The first kappa shape index (κ1) is 25.4. The van der Waals surface area contributed by atoms with Crippen molar-refractivity contribution in [2.45, 2.75) is 25.9 Å². The normalized spacial score (nSPS) is 13.4. The molecule has 0 unspecified atom stereocenters. The average Bonchev–Trinajstić information content (AvgIpc) is 3.26. The molecule has 2 heterocycles. The topological polar surface area (TPSA) is 78.9 Å². The van der Waals surface area contributed by atoms with Crippen LogP contribution in [0.4, 0.5) is 10.1 Å². The molecular formula is C25H27FIN5O2. The molecule has 178 valence electrons. The zero-order chi connectivity index (χ0) is 23.0. The summed E-state index contributed by atoms with van der Waals surface area (Å²) in [5.74, 6) is 1.22. The number of aromatic nitrogens is 1. The summed E-state index contributed by atoms with van der Waals surface area (Å²) in [6.45, 7) is 1.79. The molecule has 1 aliphatic heterocycles. The maximum Gasteiger partial charge on any atom is 0.227 e. The Hall–Kier alpha value is -3.21. The molecule has 1 amide bonds. The highest BCUT2D eigenvalue weighted by molar-refractivity contribution is 14.0. The monoisotopic (exact) mass is 575 g/mol. The molecule has 4 rings (SSSR count). The number of hydrogen-bond acceptors (Lipinski definition) is 4. The predicted molar refractivity (Wildman–Crippen MR) is 141 cm³/mol. The summed E-state index contributed by atoms with van der Waals surface area (Å²) in [6, 6.07) is 17.6. The maximum atomic E-state index is 13.5. The van der Waals surface area contributed by atoms with Crippen molar-refractivity contribution in [2.75, 3.05) is 18.5 Å². The zero-order valence-corrected chi connectivity index (χ0v) is 21.2. The van der Waals surface area contributed by atoms with Crippen LogP contribution in [-0.4, -0.2) is 30.4 Å². The van der Waals surface area contributed by atoms with Crippen LogP contribution in [0.2, 0.25) is 0 Å². The average molecular weight is 575 g/mol. The molecule has 9 heteroatoms. The zero-order valence-electron chi connectivity index (χ0n) is 18.8. The van der Waals surface area contributed by atoms with Crippen molar-refractivity contribution in [1.29, 1.82) is 0 Å².